The summed E-state index contributed by atoms with van der Waals surface area (Å²) >= 11 is 0. The zero-order valence-corrected chi connectivity index (χ0v) is 10.2. The fourth-order valence-electron chi connectivity index (χ4n) is 1.54. The number of benzene rings is 1. The number of aromatic carboxylic acids is 1. The number of carbonyl (C=O) groups is 1. The van der Waals surface area contributed by atoms with Crippen LogP contribution in [0.1, 0.15) is 22.8 Å². The van der Waals surface area contributed by atoms with Gasteiger partial charge in [0.05, 0.1) is 23.5 Å². The number of carboxylic acid groups (broad SMARTS) is 1. The van der Waals surface area contributed by atoms with Crippen molar-refractivity contribution in [3.63, 3.8) is 0 Å². The van der Waals surface area contributed by atoms with Gasteiger partial charge in [0.2, 0.25) is 0 Å². The Bertz CT molecular complexity index is 655. The number of ether oxygens (including phenoxy) is 1. The topological polar surface area (TPSA) is 88.1 Å². The van der Waals surface area contributed by atoms with E-state index in [1.807, 2.05) is 13.0 Å². The molecule has 1 N–H and O–H groups in total. The van der Waals surface area contributed by atoms with E-state index in [4.69, 9.17) is 15.1 Å². The first-order valence-electron chi connectivity index (χ1n) is 5.61. The fraction of sp³-hybridized carbons (Fsp3) is 0.154. The Hall–Kier alpha value is -2.81. The van der Waals surface area contributed by atoms with Crippen LogP contribution in [0.3, 0.4) is 0 Å². The van der Waals surface area contributed by atoms with Crippen LogP contribution in [0.15, 0.2) is 30.6 Å². The van der Waals surface area contributed by atoms with Crippen LogP contribution in [0.5, 0.6) is 11.5 Å². The summed E-state index contributed by atoms with van der Waals surface area (Å²) in [7, 11) is 0. The van der Waals surface area contributed by atoms with Gasteiger partial charge in [0.1, 0.15) is 11.8 Å². The molecule has 0 aliphatic rings. The van der Waals surface area contributed by atoms with Crippen LogP contribution in [-0.2, 0) is 6.54 Å². The zero-order valence-electron chi connectivity index (χ0n) is 10.2. The molecule has 0 atom stereocenters. The molecule has 0 aliphatic heterocycles. The molecule has 2 aromatic rings. The summed E-state index contributed by atoms with van der Waals surface area (Å²) in [5.74, 6) is -0.272. The number of aromatic nitrogens is 2. The molecular formula is C13H11N3O3. The van der Waals surface area contributed by atoms with E-state index >= 15 is 0 Å². The fourth-order valence-corrected chi connectivity index (χ4v) is 1.54. The summed E-state index contributed by atoms with van der Waals surface area (Å²) in [6.45, 7) is 2.66. The van der Waals surface area contributed by atoms with Crippen molar-refractivity contribution in [2.24, 2.45) is 0 Å². The van der Waals surface area contributed by atoms with Crippen molar-refractivity contribution in [3.05, 3.63) is 41.7 Å². The minimum absolute atomic E-state index is 0.0492. The average Bonchev–Trinajstić information content (AvgIpc) is 2.86. The lowest BCUT2D eigenvalue weighted by Gasteiger charge is -2.05. The average molecular weight is 257 g/mol. The molecule has 0 spiro atoms. The molecule has 6 nitrogen and oxygen atoms in total. The van der Waals surface area contributed by atoms with Gasteiger partial charge in [0.25, 0.3) is 0 Å². The van der Waals surface area contributed by atoms with Crippen molar-refractivity contribution in [2.75, 3.05) is 0 Å². The van der Waals surface area contributed by atoms with Gasteiger partial charge < -0.3 is 9.84 Å². The van der Waals surface area contributed by atoms with Crippen molar-refractivity contribution >= 4 is 5.97 Å². The third-order valence-corrected chi connectivity index (χ3v) is 2.51. The second-order valence-corrected chi connectivity index (χ2v) is 3.76. The third-order valence-electron chi connectivity index (χ3n) is 2.51. The van der Waals surface area contributed by atoms with Crippen LogP contribution >= 0.6 is 0 Å². The number of nitrogens with zero attached hydrogens (tertiary/aromatic N) is 3. The van der Waals surface area contributed by atoms with Gasteiger partial charge in [-0.3, -0.25) is 4.68 Å². The summed E-state index contributed by atoms with van der Waals surface area (Å²) < 4.78 is 7.21. The summed E-state index contributed by atoms with van der Waals surface area (Å²) in [5.41, 5.74) is 0.220. The van der Waals surface area contributed by atoms with Crippen LogP contribution < -0.4 is 4.74 Å². The predicted octanol–water partition coefficient (Wildman–Crippen LogP) is 2.27. The molecule has 96 valence electrons. The first-order valence-corrected chi connectivity index (χ1v) is 5.61. The van der Waals surface area contributed by atoms with Crippen molar-refractivity contribution in [1.29, 1.82) is 5.26 Å². The van der Waals surface area contributed by atoms with Crippen LogP contribution in [0, 0.1) is 11.3 Å². The Kier molecular flexibility index (Phi) is 3.48. The Morgan fingerprint density at radius 3 is 2.95 bits per heavy atom. The highest BCUT2D eigenvalue weighted by atomic mass is 16.5. The van der Waals surface area contributed by atoms with Gasteiger partial charge in [-0.1, -0.05) is 0 Å². The van der Waals surface area contributed by atoms with Gasteiger partial charge in [0.15, 0.2) is 5.75 Å². The first kappa shape index (κ1) is 12.6. The maximum absolute atomic E-state index is 10.8. The molecule has 2 rings (SSSR count). The minimum Gasteiger partial charge on any atom is -0.478 e. The predicted molar refractivity (Wildman–Crippen MR) is 66.1 cm³/mol. The lowest BCUT2D eigenvalue weighted by atomic mass is 10.1. The van der Waals surface area contributed by atoms with E-state index in [9.17, 15) is 4.79 Å². The second-order valence-electron chi connectivity index (χ2n) is 3.76. The molecule has 0 saturated heterocycles. The highest BCUT2D eigenvalue weighted by Gasteiger charge is 2.10. The molecule has 0 unspecified atom stereocenters. The van der Waals surface area contributed by atoms with Crippen molar-refractivity contribution in [2.45, 2.75) is 13.5 Å². The smallest absolute Gasteiger partial charge is 0.335 e. The zero-order chi connectivity index (χ0) is 13.8. The van der Waals surface area contributed by atoms with E-state index in [2.05, 4.69) is 5.10 Å². The quantitative estimate of drug-likeness (QED) is 0.907. The van der Waals surface area contributed by atoms with Gasteiger partial charge in [-0.15, -0.1) is 0 Å². The largest absolute Gasteiger partial charge is 0.478 e. The molecular weight excluding hydrogens is 246 g/mol. The van der Waals surface area contributed by atoms with Crippen LogP contribution in [0.2, 0.25) is 0 Å². The van der Waals surface area contributed by atoms with Crippen molar-refractivity contribution in [3.8, 4) is 17.6 Å². The van der Waals surface area contributed by atoms with Crippen molar-refractivity contribution < 1.29 is 14.6 Å². The highest BCUT2D eigenvalue weighted by molar-refractivity contribution is 5.88. The molecule has 1 aromatic carbocycles. The molecule has 0 aliphatic carbocycles. The summed E-state index contributed by atoms with van der Waals surface area (Å²) in [5, 5.41) is 21.9. The standard InChI is InChI=1S/C13H11N3O3/c1-2-16-8-11(7-15-16)19-12-4-3-9(13(17)18)5-10(12)6-14/h3-5,7-8H,2H2,1H3,(H,17,18). The Balaban J connectivity index is 2.30. The molecule has 0 radical (unpaired) electrons. The number of hydrogen-bond donors (Lipinski definition) is 1. The molecule has 19 heavy (non-hydrogen) atoms. The number of rotatable bonds is 4. The van der Waals surface area contributed by atoms with Crippen LogP contribution in [0.4, 0.5) is 0 Å². The van der Waals surface area contributed by atoms with Gasteiger partial charge in [0, 0.05) is 6.54 Å². The monoisotopic (exact) mass is 257 g/mol. The summed E-state index contributed by atoms with van der Waals surface area (Å²) in [6, 6.07) is 6.05. The lowest BCUT2D eigenvalue weighted by Crippen LogP contribution is -1.97. The number of hydrogen-bond acceptors (Lipinski definition) is 4. The van der Waals surface area contributed by atoms with E-state index < -0.39 is 5.97 Å². The van der Waals surface area contributed by atoms with E-state index in [1.54, 1.807) is 10.9 Å². The Morgan fingerprint density at radius 2 is 2.37 bits per heavy atom. The van der Waals surface area contributed by atoms with Crippen molar-refractivity contribution in [1.82, 2.24) is 9.78 Å². The SMILES string of the molecule is CCn1cc(Oc2ccc(C(=O)O)cc2C#N)cn1. The molecule has 6 heteroatoms. The van der Waals surface area contributed by atoms with Crippen LogP contribution in [0.25, 0.3) is 0 Å². The van der Waals surface area contributed by atoms with Crippen LogP contribution in [-0.4, -0.2) is 20.9 Å². The molecule has 1 aromatic heterocycles. The summed E-state index contributed by atoms with van der Waals surface area (Å²) in [6.07, 6.45) is 3.24. The van der Waals surface area contributed by atoms with E-state index in [1.165, 1.54) is 24.4 Å². The highest BCUT2D eigenvalue weighted by Crippen LogP contribution is 2.25. The van der Waals surface area contributed by atoms with Gasteiger partial charge in [-0.25, -0.2) is 4.79 Å². The molecule has 0 saturated carbocycles. The maximum Gasteiger partial charge on any atom is 0.335 e. The molecule has 0 bridgehead atoms. The second kappa shape index (κ2) is 5.23. The number of aryl methyl sites for hydroxylation is 1. The van der Waals surface area contributed by atoms with Gasteiger partial charge in [-0.05, 0) is 25.1 Å². The Morgan fingerprint density at radius 1 is 1.58 bits per heavy atom. The van der Waals surface area contributed by atoms with Gasteiger partial charge in [-0.2, -0.15) is 10.4 Å². The van der Waals surface area contributed by atoms with E-state index in [-0.39, 0.29) is 11.1 Å². The number of carboxylic acids is 1. The third kappa shape index (κ3) is 2.72. The number of nitriles is 1. The maximum atomic E-state index is 10.8. The molecule has 0 amide bonds. The lowest BCUT2D eigenvalue weighted by molar-refractivity contribution is 0.0697. The minimum atomic E-state index is -1.08. The van der Waals surface area contributed by atoms with E-state index in [0.29, 0.717) is 18.0 Å². The first-order chi connectivity index (χ1) is 9.13. The summed E-state index contributed by atoms with van der Waals surface area (Å²) in [4.78, 5) is 10.8. The van der Waals surface area contributed by atoms with Gasteiger partial charge >= 0.3 is 5.97 Å². The molecule has 1 heterocycles. The molecule has 0 fully saturated rings. The van der Waals surface area contributed by atoms with E-state index in [0.717, 1.165) is 0 Å². The Labute approximate surface area is 109 Å². The normalized spacial score (nSPS) is 9.89.